The van der Waals surface area contributed by atoms with Crippen LogP contribution >= 0.6 is 0 Å². The molecule has 4 rings (SSSR count). The fraction of sp³-hybridized carbons (Fsp3) is 0.500. The van der Waals surface area contributed by atoms with Crippen LogP contribution in [0.25, 0.3) is 0 Å². The predicted octanol–water partition coefficient (Wildman–Crippen LogP) is -0.370. The molecular weight excluding hydrogens is 502 g/mol. The number of morpholine rings is 1. The number of aliphatic hydroxyl groups excluding tert-OH is 4. The first kappa shape index (κ1) is 28.0. The fourth-order valence-corrected chi connectivity index (χ4v) is 4.51. The molecule has 7 N–H and O–H groups in total. The topological polar surface area (TPSA) is 190 Å². The Bertz CT molecular complexity index is 1100. The highest BCUT2D eigenvalue weighted by Gasteiger charge is 2.45. The summed E-state index contributed by atoms with van der Waals surface area (Å²) in [5.74, 6) is -1.60. The molecule has 2 aliphatic rings. The number of Topliss-reactive ketones (excluding diaryl/α,β-unsaturated/α-hetero) is 1. The number of aryl methyl sites for hydroxylation is 1. The van der Waals surface area contributed by atoms with Crippen LogP contribution in [0.4, 0.5) is 0 Å². The summed E-state index contributed by atoms with van der Waals surface area (Å²) in [7, 11) is 0. The van der Waals surface area contributed by atoms with Gasteiger partial charge in [0.05, 0.1) is 25.4 Å². The Hall–Kier alpha value is -2.97. The molecule has 2 aromatic rings. The van der Waals surface area contributed by atoms with Crippen molar-refractivity contribution in [2.45, 2.75) is 50.1 Å². The molecule has 5 atom stereocenters. The van der Waals surface area contributed by atoms with E-state index in [-0.39, 0.29) is 47.8 Å². The normalized spacial score (nSPS) is 26.3. The van der Waals surface area contributed by atoms with E-state index in [2.05, 4.69) is 0 Å². The lowest BCUT2D eigenvalue weighted by molar-refractivity contribution is -0.277. The van der Waals surface area contributed by atoms with Crippen LogP contribution in [-0.2, 0) is 22.4 Å². The zero-order valence-corrected chi connectivity index (χ0v) is 20.6. The summed E-state index contributed by atoms with van der Waals surface area (Å²) in [6, 6.07) is 7.44. The van der Waals surface area contributed by atoms with Crippen LogP contribution in [0.2, 0.25) is 0 Å². The minimum Gasteiger partial charge on any atom is -0.508 e. The maximum absolute atomic E-state index is 13.4. The number of hydrogen-bond acceptors (Lipinski definition) is 12. The van der Waals surface area contributed by atoms with E-state index in [1.807, 2.05) is 4.90 Å². The summed E-state index contributed by atoms with van der Waals surface area (Å²) in [4.78, 5) is 15.4. The van der Waals surface area contributed by atoms with Gasteiger partial charge in [-0.25, -0.2) is 0 Å². The summed E-state index contributed by atoms with van der Waals surface area (Å²) in [6.45, 7) is 1.55. The van der Waals surface area contributed by atoms with Gasteiger partial charge in [-0.15, -0.1) is 0 Å². The number of phenolic OH excluding ortho intramolecular Hbond substituents is 3. The number of nitrogens with zero attached hydrogens (tertiary/aromatic N) is 1. The zero-order valence-electron chi connectivity index (χ0n) is 20.6. The van der Waals surface area contributed by atoms with Gasteiger partial charge < -0.3 is 50.0 Å². The minimum absolute atomic E-state index is 0.0643. The average molecular weight is 536 g/mol. The highest BCUT2D eigenvalue weighted by Crippen LogP contribution is 2.41. The van der Waals surface area contributed by atoms with Crippen LogP contribution in [0.3, 0.4) is 0 Å². The highest BCUT2D eigenvalue weighted by molar-refractivity contribution is 6.02. The van der Waals surface area contributed by atoms with Crippen molar-refractivity contribution in [1.29, 1.82) is 0 Å². The Morgan fingerprint density at radius 2 is 1.68 bits per heavy atom. The molecule has 0 unspecified atom stereocenters. The van der Waals surface area contributed by atoms with E-state index >= 15 is 0 Å². The summed E-state index contributed by atoms with van der Waals surface area (Å²) < 4.78 is 16.4. The van der Waals surface area contributed by atoms with Gasteiger partial charge in [0, 0.05) is 32.1 Å². The van der Waals surface area contributed by atoms with Crippen LogP contribution in [0.5, 0.6) is 23.0 Å². The molecule has 12 heteroatoms. The lowest BCUT2D eigenvalue weighted by Crippen LogP contribution is -2.60. The van der Waals surface area contributed by atoms with E-state index in [0.29, 0.717) is 26.3 Å². The fourth-order valence-electron chi connectivity index (χ4n) is 4.51. The molecule has 2 heterocycles. The van der Waals surface area contributed by atoms with Crippen LogP contribution in [0.1, 0.15) is 27.9 Å². The van der Waals surface area contributed by atoms with Crippen molar-refractivity contribution < 1.29 is 54.8 Å². The molecule has 0 bridgehead atoms. The van der Waals surface area contributed by atoms with Crippen molar-refractivity contribution in [3.05, 3.63) is 47.0 Å². The van der Waals surface area contributed by atoms with Gasteiger partial charge in [0.25, 0.3) is 0 Å². The zero-order chi connectivity index (χ0) is 27.4. The predicted molar refractivity (Wildman–Crippen MR) is 131 cm³/mol. The second-order valence-electron chi connectivity index (χ2n) is 9.39. The molecule has 208 valence electrons. The quantitative estimate of drug-likeness (QED) is 0.207. The number of carbonyl (C=O) groups excluding carboxylic acids is 1. The third kappa shape index (κ3) is 6.18. The molecule has 2 saturated heterocycles. The molecule has 2 fully saturated rings. The number of hydrogen-bond donors (Lipinski definition) is 7. The maximum Gasteiger partial charge on any atom is 0.229 e. The van der Waals surface area contributed by atoms with E-state index in [1.165, 1.54) is 12.1 Å². The van der Waals surface area contributed by atoms with Crippen LogP contribution in [0, 0.1) is 0 Å². The van der Waals surface area contributed by atoms with Gasteiger partial charge in [-0.2, -0.15) is 0 Å². The van der Waals surface area contributed by atoms with Crippen molar-refractivity contribution >= 4 is 5.78 Å². The van der Waals surface area contributed by atoms with Crippen molar-refractivity contribution in [1.82, 2.24) is 4.90 Å². The molecule has 12 nitrogen and oxygen atoms in total. The molecule has 0 aromatic heterocycles. The second kappa shape index (κ2) is 12.3. The van der Waals surface area contributed by atoms with E-state index in [9.17, 15) is 40.5 Å². The van der Waals surface area contributed by atoms with Crippen LogP contribution in [0.15, 0.2) is 30.3 Å². The van der Waals surface area contributed by atoms with Crippen LogP contribution in [-0.4, -0.2) is 110 Å². The Labute approximate surface area is 218 Å². The first-order valence-electron chi connectivity index (χ1n) is 12.4. The summed E-state index contributed by atoms with van der Waals surface area (Å²) in [6.07, 6.45) is -7.76. The number of rotatable bonds is 9. The summed E-state index contributed by atoms with van der Waals surface area (Å²) in [5.41, 5.74) is 0.627. The molecule has 0 saturated carbocycles. The number of ketones is 1. The number of benzene rings is 2. The van der Waals surface area contributed by atoms with Crippen molar-refractivity contribution in [2.24, 2.45) is 0 Å². The third-order valence-electron chi connectivity index (χ3n) is 6.78. The molecule has 2 aromatic carbocycles. The lowest BCUT2D eigenvalue weighted by atomic mass is 9.97. The third-order valence-corrected chi connectivity index (χ3v) is 6.78. The second-order valence-corrected chi connectivity index (χ2v) is 9.39. The molecule has 0 amide bonds. The average Bonchev–Trinajstić information content (AvgIpc) is 2.91. The Kier molecular flexibility index (Phi) is 9.05. The SMILES string of the molecule is O=C(CCc1ccc(O)cc1)c1c(O[C@@H]2O[C@H](CO)[C@@H](O)[C@H](O)[C@H]2O)cc(O)c(CN2CCOCC2)c1O. The summed E-state index contributed by atoms with van der Waals surface area (Å²) in [5, 5.41) is 71.5. The molecule has 0 aliphatic carbocycles. The van der Waals surface area contributed by atoms with E-state index in [1.54, 1.807) is 12.1 Å². The first-order valence-corrected chi connectivity index (χ1v) is 12.4. The summed E-state index contributed by atoms with van der Waals surface area (Å²) >= 11 is 0. The molecule has 0 spiro atoms. The first-order chi connectivity index (χ1) is 18.2. The molecular formula is C26H33NO11. The van der Waals surface area contributed by atoms with Crippen molar-refractivity contribution in [3.8, 4) is 23.0 Å². The monoisotopic (exact) mass is 535 g/mol. The largest absolute Gasteiger partial charge is 0.508 e. The number of ether oxygens (including phenoxy) is 3. The van der Waals surface area contributed by atoms with Crippen LogP contribution < -0.4 is 4.74 Å². The van der Waals surface area contributed by atoms with E-state index in [0.717, 1.165) is 11.6 Å². The van der Waals surface area contributed by atoms with Gasteiger partial charge in [0.15, 0.2) is 5.78 Å². The standard InChI is InChI=1S/C26H33NO11/c28-13-20-23(33)24(34)25(35)26(38-20)37-19-11-18(31)16(12-27-7-9-36-10-8-27)22(32)21(19)17(30)6-3-14-1-4-15(29)5-2-14/h1-2,4-5,11,20,23-26,28-29,31-35H,3,6-10,12-13H2/t20-,23-,24+,25-,26-/m1/s1. The van der Waals surface area contributed by atoms with E-state index in [4.69, 9.17) is 14.2 Å². The van der Waals surface area contributed by atoms with Gasteiger partial charge in [-0.05, 0) is 24.1 Å². The lowest BCUT2D eigenvalue weighted by Gasteiger charge is -2.39. The maximum atomic E-state index is 13.4. The highest BCUT2D eigenvalue weighted by atomic mass is 16.7. The molecule has 2 aliphatic heterocycles. The number of carbonyl (C=O) groups is 1. The van der Waals surface area contributed by atoms with Gasteiger partial charge in [0.2, 0.25) is 6.29 Å². The van der Waals surface area contributed by atoms with E-state index < -0.39 is 48.8 Å². The van der Waals surface area contributed by atoms with Gasteiger partial charge in [0.1, 0.15) is 53.0 Å². The Morgan fingerprint density at radius 1 is 1.00 bits per heavy atom. The Balaban J connectivity index is 1.65. The van der Waals surface area contributed by atoms with Crippen molar-refractivity contribution in [2.75, 3.05) is 32.9 Å². The Morgan fingerprint density at radius 3 is 2.34 bits per heavy atom. The van der Waals surface area contributed by atoms with Gasteiger partial charge in [-0.1, -0.05) is 12.1 Å². The van der Waals surface area contributed by atoms with Gasteiger partial charge in [-0.3, -0.25) is 9.69 Å². The molecule has 38 heavy (non-hydrogen) atoms. The van der Waals surface area contributed by atoms with Gasteiger partial charge >= 0.3 is 0 Å². The van der Waals surface area contributed by atoms with Crippen molar-refractivity contribution in [3.63, 3.8) is 0 Å². The number of aliphatic hydroxyl groups is 4. The smallest absolute Gasteiger partial charge is 0.229 e. The number of aromatic hydroxyl groups is 3. The number of phenols is 3. The molecule has 0 radical (unpaired) electrons. The minimum atomic E-state index is -1.76.